The molecule has 2 aromatic rings. The smallest absolute Gasteiger partial charge is 0.223 e. The zero-order chi connectivity index (χ0) is 14.2. The van der Waals surface area contributed by atoms with E-state index < -0.39 is 5.79 Å². The van der Waals surface area contributed by atoms with Gasteiger partial charge in [0.1, 0.15) is 0 Å². The van der Waals surface area contributed by atoms with Gasteiger partial charge >= 0.3 is 0 Å². The minimum Gasteiger partial charge on any atom is -0.346 e. The lowest BCUT2D eigenvalue weighted by atomic mass is 9.80. The predicted molar refractivity (Wildman–Crippen MR) is 75.7 cm³/mol. The van der Waals surface area contributed by atoms with Gasteiger partial charge < -0.3 is 9.47 Å². The van der Waals surface area contributed by atoms with E-state index in [1.807, 2.05) is 55.5 Å². The molecule has 0 aliphatic heterocycles. The molecule has 0 radical (unpaired) electrons. The quantitative estimate of drug-likeness (QED) is 0.802. The Bertz CT molecular complexity index is 611. The zero-order valence-corrected chi connectivity index (χ0v) is 11.6. The van der Waals surface area contributed by atoms with E-state index >= 15 is 0 Å². The van der Waals surface area contributed by atoms with Crippen molar-refractivity contribution in [3.05, 3.63) is 70.8 Å². The molecule has 3 heteroatoms. The second kappa shape index (κ2) is 4.85. The molecule has 3 nitrogen and oxygen atoms in total. The highest BCUT2D eigenvalue weighted by atomic mass is 16.7. The Morgan fingerprint density at radius 3 is 1.90 bits per heavy atom. The topological polar surface area (TPSA) is 35.5 Å². The third-order valence-electron chi connectivity index (χ3n) is 3.69. The Morgan fingerprint density at radius 2 is 1.45 bits per heavy atom. The average Bonchev–Trinajstić information content (AvgIpc) is 2.51. The fourth-order valence-corrected chi connectivity index (χ4v) is 2.86. The number of fused-ring (bicyclic) bond motifs is 2. The Balaban J connectivity index is 2.35. The highest BCUT2D eigenvalue weighted by molar-refractivity contribution is 6.12. The summed E-state index contributed by atoms with van der Waals surface area (Å²) in [6, 6.07) is 14.9. The van der Waals surface area contributed by atoms with Gasteiger partial charge in [0.2, 0.25) is 5.79 Å². The lowest BCUT2D eigenvalue weighted by molar-refractivity contribution is -0.200. The van der Waals surface area contributed by atoms with Crippen molar-refractivity contribution in [1.82, 2.24) is 0 Å². The lowest BCUT2D eigenvalue weighted by Gasteiger charge is -2.38. The molecule has 2 aromatic carbocycles. The highest BCUT2D eigenvalue weighted by Gasteiger charge is 2.44. The molecule has 0 unspecified atom stereocenters. The Morgan fingerprint density at radius 1 is 0.950 bits per heavy atom. The summed E-state index contributed by atoms with van der Waals surface area (Å²) in [6.45, 7) is 2.41. The molecule has 0 bridgehead atoms. The van der Waals surface area contributed by atoms with Crippen LogP contribution in [-0.2, 0) is 15.3 Å². The molecular weight excluding hydrogens is 252 g/mol. The van der Waals surface area contributed by atoms with Crippen molar-refractivity contribution in [2.45, 2.75) is 12.7 Å². The number of methoxy groups -OCH3 is 1. The van der Waals surface area contributed by atoms with Crippen LogP contribution in [0.1, 0.15) is 34.0 Å². The number of hydrogen-bond donors (Lipinski definition) is 0. The molecule has 0 spiro atoms. The van der Waals surface area contributed by atoms with Gasteiger partial charge in [-0.25, -0.2) is 0 Å². The van der Waals surface area contributed by atoms with Gasteiger partial charge in [0, 0.05) is 36.0 Å². The summed E-state index contributed by atoms with van der Waals surface area (Å²) < 4.78 is 11.7. The fourth-order valence-electron chi connectivity index (χ4n) is 2.86. The van der Waals surface area contributed by atoms with Gasteiger partial charge in [-0.05, 0) is 6.92 Å². The molecule has 102 valence electrons. The first-order valence-corrected chi connectivity index (χ1v) is 6.67. The number of hydrogen-bond acceptors (Lipinski definition) is 3. The number of ether oxygens (including phenoxy) is 2. The Hall–Kier alpha value is -1.97. The maximum absolute atomic E-state index is 12.6. The number of rotatable bonds is 3. The molecule has 20 heavy (non-hydrogen) atoms. The molecule has 3 rings (SSSR count). The molecule has 0 atom stereocenters. The van der Waals surface area contributed by atoms with Crippen LogP contribution >= 0.6 is 0 Å². The summed E-state index contributed by atoms with van der Waals surface area (Å²) in [7, 11) is 1.61. The van der Waals surface area contributed by atoms with Crippen molar-refractivity contribution in [3.63, 3.8) is 0 Å². The summed E-state index contributed by atoms with van der Waals surface area (Å²) in [5.41, 5.74) is 2.82. The molecule has 0 fully saturated rings. The van der Waals surface area contributed by atoms with Crippen LogP contribution in [0, 0.1) is 0 Å². The third kappa shape index (κ3) is 1.64. The molecule has 0 aromatic heterocycles. The summed E-state index contributed by atoms with van der Waals surface area (Å²) in [6.07, 6.45) is 0. The van der Waals surface area contributed by atoms with Crippen LogP contribution < -0.4 is 0 Å². The van der Waals surface area contributed by atoms with Crippen molar-refractivity contribution >= 4 is 5.78 Å². The number of benzene rings is 2. The standard InChI is InChI=1S/C17H16O3/c1-3-20-17(19-2)14-10-6-4-8-12(14)16(18)13-9-5-7-11-15(13)17/h4-11H,3H2,1-2H3. The van der Waals surface area contributed by atoms with Gasteiger partial charge in [-0.1, -0.05) is 48.5 Å². The van der Waals surface area contributed by atoms with Gasteiger partial charge in [0.05, 0.1) is 0 Å². The second-order valence-corrected chi connectivity index (χ2v) is 4.67. The van der Waals surface area contributed by atoms with E-state index in [4.69, 9.17) is 9.47 Å². The van der Waals surface area contributed by atoms with E-state index in [-0.39, 0.29) is 5.78 Å². The monoisotopic (exact) mass is 268 g/mol. The maximum Gasteiger partial charge on any atom is 0.223 e. The Kier molecular flexibility index (Phi) is 3.16. The zero-order valence-electron chi connectivity index (χ0n) is 11.6. The fraction of sp³-hybridized carbons (Fsp3) is 0.235. The van der Waals surface area contributed by atoms with Crippen molar-refractivity contribution in [3.8, 4) is 0 Å². The number of ketones is 1. The minimum absolute atomic E-state index is 0.0172. The molecule has 1 aliphatic rings. The average molecular weight is 268 g/mol. The minimum atomic E-state index is -1.00. The van der Waals surface area contributed by atoms with Gasteiger partial charge in [0.25, 0.3) is 0 Å². The third-order valence-corrected chi connectivity index (χ3v) is 3.69. The van der Waals surface area contributed by atoms with Crippen LogP contribution in [-0.4, -0.2) is 19.5 Å². The first-order valence-electron chi connectivity index (χ1n) is 6.67. The van der Waals surface area contributed by atoms with Crippen LogP contribution in [0.4, 0.5) is 0 Å². The molecule has 0 saturated carbocycles. The summed E-state index contributed by atoms with van der Waals surface area (Å²) in [5, 5.41) is 0. The van der Waals surface area contributed by atoms with E-state index in [9.17, 15) is 4.79 Å². The SMILES string of the molecule is CCOC1(OC)c2ccccc2C(=O)c2ccccc21. The van der Waals surface area contributed by atoms with Crippen molar-refractivity contribution in [1.29, 1.82) is 0 Å². The van der Waals surface area contributed by atoms with E-state index in [1.165, 1.54) is 0 Å². The molecule has 1 aliphatic carbocycles. The molecule has 0 heterocycles. The highest BCUT2D eigenvalue weighted by Crippen LogP contribution is 2.42. The predicted octanol–water partition coefficient (Wildman–Crippen LogP) is 3.12. The van der Waals surface area contributed by atoms with Crippen LogP contribution in [0.2, 0.25) is 0 Å². The van der Waals surface area contributed by atoms with Crippen LogP contribution in [0.5, 0.6) is 0 Å². The van der Waals surface area contributed by atoms with Gasteiger partial charge in [0.15, 0.2) is 5.78 Å². The van der Waals surface area contributed by atoms with Crippen LogP contribution in [0.3, 0.4) is 0 Å². The number of carbonyl (C=O) groups excluding carboxylic acids is 1. The summed E-state index contributed by atoms with van der Waals surface area (Å²) in [5.74, 6) is -0.987. The van der Waals surface area contributed by atoms with Crippen LogP contribution in [0.15, 0.2) is 48.5 Å². The summed E-state index contributed by atoms with van der Waals surface area (Å²) >= 11 is 0. The molecule has 0 saturated heterocycles. The Labute approximate surface area is 118 Å². The van der Waals surface area contributed by atoms with E-state index in [2.05, 4.69) is 0 Å². The number of carbonyl (C=O) groups is 1. The van der Waals surface area contributed by atoms with Gasteiger partial charge in [-0.15, -0.1) is 0 Å². The molecule has 0 N–H and O–H groups in total. The largest absolute Gasteiger partial charge is 0.346 e. The van der Waals surface area contributed by atoms with Crippen LogP contribution in [0.25, 0.3) is 0 Å². The normalized spacial score (nSPS) is 15.6. The van der Waals surface area contributed by atoms with Crippen molar-refractivity contribution in [2.75, 3.05) is 13.7 Å². The molecule has 0 amide bonds. The summed E-state index contributed by atoms with van der Waals surface area (Å²) in [4.78, 5) is 12.6. The van der Waals surface area contributed by atoms with Gasteiger partial charge in [-0.2, -0.15) is 0 Å². The first-order chi connectivity index (χ1) is 9.74. The van der Waals surface area contributed by atoms with Gasteiger partial charge in [-0.3, -0.25) is 4.79 Å². The maximum atomic E-state index is 12.6. The second-order valence-electron chi connectivity index (χ2n) is 4.67. The molecular formula is C17H16O3. The van der Waals surface area contributed by atoms with E-state index in [0.717, 1.165) is 11.1 Å². The van der Waals surface area contributed by atoms with Crippen molar-refractivity contribution in [2.24, 2.45) is 0 Å². The first kappa shape index (κ1) is 13.0. The lowest BCUT2D eigenvalue weighted by Crippen LogP contribution is -2.40. The van der Waals surface area contributed by atoms with E-state index in [1.54, 1.807) is 7.11 Å². The van der Waals surface area contributed by atoms with Crippen molar-refractivity contribution < 1.29 is 14.3 Å². The van der Waals surface area contributed by atoms with E-state index in [0.29, 0.717) is 17.7 Å².